The van der Waals surface area contributed by atoms with Crippen molar-refractivity contribution in [3.8, 4) is 16.3 Å². The molecule has 3 aliphatic rings. The number of carbonyl (C=O) groups excluding carboxylic acids is 2. The Hall–Kier alpha value is -2.29. The lowest BCUT2D eigenvalue weighted by atomic mass is 9.85. The van der Waals surface area contributed by atoms with Gasteiger partial charge in [-0.15, -0.1) is 11.3 Å². The minimum Gasteiger partial charge on any atom is -0.497 e. The lowest BCUT2D eigenvalue weighted by Gasteiger charge is -2.36. The highest BCUT2D eigenvalue weighted by Crippen LogP contribution is 2.46. The third-order valence-electron chi connectivity index (χ3n) is 7.13. The second-order valence-corrected chi connectivity index (χ2v) is 10.1. The van der Waals surface area contributed by atoms with E-state index in [1.54, 1.807) is 18.4 Å². The molecule has 3 heterocycles. The first-order valence-corrected chi connectivity index (χ1v) is 12.3. The van der Waals surface area contributed by atoms with E-state index < -0.39 is 0 Å². The molecule has 2 saturated heterocycles. The van der Waals surface area contributed by atoms with Crippen LogP contribution in [0, 0.1) is 5.41 Å². The summed E-state index contributed by atoms with van der Waals surface area (Å²) in [5.41, 5.74) is 1.82. The molecule has 2 amide bonds. The van der Waals surface area contributed by atoms with Gasteiger partial charge in [-0.05, 0) is 37.1 Å². The van der Waals surface area contributed by atoms with Crippen molar-refractivity contribution in [2.45, 2.75) is 38.6 Å². The Labute approximate surface area is 193 Å². The number of nitrogens with zero attached hydrogens (tertiary/aromatic N) is 4. The first-order chi connectivity index (χ1) is 15.6. The summed E-state index contributed by atoms with van der Waals surface area (Å²) in [6.07, 6.45) is 4.33. The zero-order chi connectivity index (χ0) is 22.1. The fraction of sp³-hybridized carbons (Fsp3) is 0.542. The molecule has 1 spiro atoms. The molecule has 0 bridgehead atoms. The van der Waals surface area contributed by atoms with Gasteiger partial charge in [0.25, 0.3) is 0 Å². The second-order valence-electron chi connectivity index (χ2n) is 9.20. The molecule has 0 radical (unpaired) electrons. The van der Waals surface area contributed by atoms with Crippen LogP contribution in [0.4, 0.5) is 0 Å². The van der Waals surface area contributed by atoms with Crippen molar-refractivity contribution >= 4 is 23.2 Å². The van der Waals surface area contributed by atoms with Gasteiger partial charge in [-0.1, -0.05) is 12.8 Å². The Morgan fingerprint density at radius 2 is 1.72 bits per heavy atom. The third-order valence-corrected chi connectivity index (χ3v) is 8.07. The van der Waals surface area contributed by atoms with E-state index in [9.17, 15) is 9.59 Å². The summed E-state index contributed by atoms with van der Waals surface area (Å²) in [7, 11) is 1.67. The standard InChI is InChI=1S/C24H30N4O3S/c1-31-20-6-4-18(5-7-20)22-25-19(16-32-22)15-26-10-12-27(13-11-26)17-28-21(29)14-24(23(28)30)8-2-3-9-24/h4-7,16H,2-3,8-15,17H2,1H3. The molecule has 2 aromatic rings. The molecule has 8 heteroatoms. The van der Waals surface area contributed by atoms with Crippen LogP contribution in [0.2, 0.25) is 0 Å². The molecular formula is C24H30N4O3S. The van der Waals surface area contributed by atoms with Gasteiger partial charge in [0.05, 0.1) is 24.9 Å². The highest BCUT2D eigenvalue weighted by Gasteiger charge is 2.52. The summed E-state index contributed by atoms with van der Waals surface area (Å²) >= 11 is 1.67. The van der Waals surface area contributed by atoms with Gasteiger partial charge in [0.2, 0.25) is 11.8 Å². The SMILES string of the molecule is COc1ccc(-c2nc(CN3CCN(CN4C(=O)CC5(CCCC5)C4=O)CC3)cs2)cc1. The highest BCUT2D eigenvalue weighted by atomic mass is 32.1. The van der Waals surface area contributed by atoms with Crippen LogP contribution in [-0.2, 0) is 16.1 Å². The molecule has 0 atom stereocenters. The topological polar surface area (TPSA) is 66.0 Å². The molecule has 1 saturated carbocycles. The van der Waals surface area contributed by atoms with Gasteiger partial charge in [0.15, 0.2) is 0 Å². The molecule has 0 N–H and O–H groups in total. The van der Waals surface area contributed by atoms with Crippen molar-refractivity contribution in [1.82, 2.24) is 19.7 Å². The number of amides is 2. The summed E-state index contributed by atoms with van der Waals surface area (Å²) in [4.78, 5) is 36.4. The number of thiazole rings is 1. The fourth-order valence-electron chi connectivity index (χ4n) is 5.21. The van der Waals surface area contributed by atoms with Crippen LogP contribution in [0.3, 0.4) is 0 Å². The average Bonchev–Trinajstić information content (AvgIpc) is 3.53. The van der Waals surface area contributed by atoms with Gasteiger partial charge in [0, 0.05) is 50.1 Å². The Bertz CT molecular complexity index is 975. The summed E-state index contributed by atoms with van der Waals surface area (Å²) < 4.78 is 5.23. The largest absolute Gasteiger partial charge is 0.497 e. The van der Waals surface area contributed by atoms with E-state index in [0.29, 0.717) is 13.1 Å². The number of hydrogen-bond donors (Lipinski definition) is 0. The number of imide groups is 1. The van der Waals surface area contributed by atoms with E-state index >= 15 is 0 Å². The molecule has 7 nitrogen and oxygen atoms in total. The van der Waals surface area contributed by atoms with Crippen molar-refractivity contribution in [3.05, 3.63) is 35.3 Å². The molecule has 1 aromatic heterocycles. The zero-order valence-corrected chi connectivity index (χ0v) is 19.4. The van der Waals surface area contributed by atoms with E-state index in [-0.39, 0.29) is 17.2 Å². The van der Waals surface area contributed by atoms with Crippen LogP contribution >= 0.6 is 11.3 Å². The van der Waals surface area contributed by atoms with Gasteiger partial charge >= 0.3 is 0 Å². The lowest BCUT2D eigenvalue weighted by molar-refractivity contribution is -0.144. The van der Waals surface area contributed by atoms with Gasteiger partial charge in [0.1, 0.15) is 10.8 Å². The molecule has 0 unspecified atom stereocenters. The van der Waals surface area contributed by atoms with E-state index in [1.165, 1.54) is 4.90 Å². The number of aromatic nitrogens is 1. The minimum atomic E-state index is -0.370. The van der Waals surface area contributed by atoms with Gasteiger partial charge in [-0.25, -0.2) is 4.98 Å². The Balaban J connectivity index is 1.13. The fourth-order valence-corrected chi connectivity index (χ4v) is 6.03. The van der Waals surface area contributed by atoms with Gasteiger partial charge in [-0.2, -0.15) is 0 Å². The predicted molar refractivity (Wildman–Crippen MR) is 123 cm³/mol. The molecule has 32 heavy (non-hydrogen) atoms. The van der Waals surface area contributed by atoms with Crippen LogP contribution in [0.5, 0.6) is 5.75 Å². The molecule has 1 aliphatic carbocycles. The highest BCUT2D eigenvalue weighted by molar-refractivity contribution is 7.13. The summed E-state index contributed by atoms with van der Waals surface area (Å²) in [5, 5.41) is 3.15. The van der Waals surface area contributed by atoms with Crippen LogP contribution in [0.15, 0.2) is 29.6 Å². The summed E-state index contributed by atoms with van der Waals surface area (Å²) in [6.45, 7) is 4.82. The first-order valence-electron chi connectivity index (χ1n) is 11.4. The molecule has 1 aromatic carbocycles. The number of methoxy groups -OCH3 is 1. The monoisotopic (exact) mass is 454 g/mol. The third kappa shape index (κ3) is 4.19. The Morgan fingerprint density at radius 1 is 1.03 bits per heavy atom. The Kier molecular flexibility index (Phi) is 6.01. The summed E-state index contributed by atoms with van der Waals surface area (Å²) in [5.74, 6) is 0.947. The van der Waals surface area contributed by atoms with Crippen molar-refractivity contribution in [3.63, 3.8) is 0 Å². The number of rotatable bonds is 6. The van der Waals surface area contributed by atoms with Crippen LogP contribution in [-0.4, -0.2) is 71.5 Å². The number of piperazine rings is 1. The zero-order valence-electron chi connectivity index (χ0n) is 18.6. The van der Waals surface area contributed by atoms with E-state index in [2.05, 4.69) is 15.2 Å². The van der Waals surface area contributed by atoms with Crippen molar-refractivity contribution < 1.29 is 14.3 Å². The van der Waals surface area contributed by atoms with Crippen molar-refractivity contribution in [2.24, 2.45) is 5.41 Å². The number of carbonyl (C=O) groups is 2. The smallest absolute Gasteiger partial charge is 0.237 e. The van der Waals surface area contributed by atoms with E-state index in [1.807, 2.05) is 24.3 Å². The van der Waals surface area contributed by atoms with E-state index in [4.69, 9.17) is 9.72 Å². The van der Waals surface area contributed by atoms with Gasteiger partial charge < -0.3 is 4.74 Å². The van der Waals surface area contributed by atoms with Crippen LogP contribution < -0.4 is 4.74 Å². The normalized spacial score (nSPS) is 21.7. The average molecular weight is 455 g/mol. The Morgan fingerprint density at radius 3 is 2.41 bits per heavy atom. The molecule has 170 valence electrons. The molecular weight excluding hydrogens is 424 g/mol. The lowest BCUT2D eigenvalue weighted by Crippen LogP contribution is -2.51. The number of hydrogen-bond acceptors (Lipinski definition) is 7. The second kappa shape index (κ2) is 8.92. The molecule has 2 aliphatic heterocycles. The minimum absolute atomic E-state index is 0.0212. The number of benzene rings is 1. The number of ether oxygens (including phenoxy) is 1. The quantitative estimate of drug-likeness (QED) is 0.625. The predicted octanol–water partition coefficient (Wildman–Crippen LogP) is 3.21. The molecule has 3 fully saturated rings. The molecule has 5 rings (SSSR count). The van der Waals surface area contributed by atoms with Crippen LogP contribution in [0.25, 0.3) is 10.6 Å². The maximum Gasteiger partial charge on any atom is 0.237 e. The number of likely N-dealkylation sites (tertiary alicyclic amines) is 1. The maximum atomic E-state index is 12.9. The first kappa shape index (κ1) is 21.6. The summed E-state index contributed by atoms with van der Waals surface area (Å²) in [6, 6.07) is 7.99. The van der Waals surface area contributed by atoms with Crippen LogP contribution in [0.1, 0.15) is 37.8 Å². The maximum absolute atomic E-state index is 12.9. The van der Waals surface area contributed by atoms with Crippen molar-refractivity contribution in [2.75, 3.05) is 40.0 Å². The van der Waals surface area contributed by atoms with Crippen molar-refractivity contribution in [1.29, 1.82) is 0 Å². The van der Waals surface area contributed by atoms with E-state index in [0.717, 1.165) is 80.4 Å². The van der Waals surface area contributed by atoms with Gasteiger partial charge in [-0.3, -0.25) is 24.3 Å².